The smallest absolute Gasteiger partial charge is 0.343 e. The van der Waals surface area contributed by atoms with Crippen molar-refractivity contribution in [3.63, 3.8) is 0 Å². The van der Waals surface area contributed by atoms with Crippen LogP contribution in [0.25, 0.3) is 28.4 Å². The van der Waals surface area contributed by atoms with Gasteiger partial charge in [-0.25, -0.2) is 32.6 Å². The lowest BCUT2D eigenvalue weighted by Crippen LogP contribution is -2.56. The number of aryl methyl sites for hydroxylation is 1. The van der Waals surface area contributed by atoms with E-state index in [4.69, 9.17) is 15.5 Å². The number of fused-ring (bicyclic) bond motifs is 5. The van der Waals surface area contributed by atoms with Crippen molar-refractivity contribution in [2.75, 3.05) is 25.9 Å². The Morgan fingerprint density at radius 3 is 2.45 bits per heavy atom. The summed E-state index contributed by atoms with van der Waals surface area (Å²) >= 11 is 0. The number of unbranched alkanes of at least 4 members (excludes halogenated alkanes) is 2. The second kappa shape index (κ2) is 22.0. The normalized spacial score (nSPS) is 15.9. The molecule has 3 atom stereocenters. The first kappa shape index (κ1) is 51.5. The van der Waals surface area contributed by atoms with Crippen molar-refractivity contribution in [1.29, 1.82) is 0 Å². The highest BCUT2D eigenvalue weighted by atomic mass is 32.2. The molecular weight excluding hydrogens is 914 g/mol. The molecular formula is C48H56FN9O10S. The average molecular weight is 970 g/mol. The van der Waals surface area contributed by atoms with E-state index >= 15 is 0 Å². The molecule has 0 fully saturated rings. The summed E-state index contributed by atoms with van der Waals surface area (Å²) in [6, 6.07) is 2.50. The van der Waals surface area contributed by atoms with E-state index in [1.807, 2.05) is 0 Å². The monoisotopic (exact) mass is 969 g/mol. The van der Waals surface area contributed by atoms with E-state index < -0.39 is 75.0 Å². The van der Waals surface area contributed by atoms with Gasteiger partial charge in [0.1, 0.15) is 24.5 Å². The Balaban J connectivity index is 1.06. The van der Waals surface area contributed by atoms with Crippen molar-refractivity contribution < 1.29 is 46.6 Å². The van der Waals surface area contributed by atoms with Crippen LogP contribution in [0.4, 0.5) is 4.39 Å². The van der Waals surface area contributed by atoms with Crippen LogP contribution in [0.1, 0.15) is 99.1 Å². The molecule has 4 amide bonds. The van der Waals surface area contributed by atoms with Crippen molar-refractivity contribution in [2.24, 2.45) is 11.7 Å². The lowest BCUT2D eigenvalue weighted by Gasteiger charge is -2.31. The fourth-order valence-electron chi connectivity index (χ4n) is 8.01. The Morgan fingerprint density at radius 1 is 1.03 bits per heavy atom. The highest BCUT2D eigenvalue weighted by Crippen LogP contribution is 2.41. The zero-order chi connectivity index (χ0) is 50.2. The fraction of sp³-hybridized carbons (Fsp3) is 0.438. The molecule has 3 aromatic heterocycles. The molecule has 69 heavy (non-hydrogen) atoms. The van der Waals surface area contributed by atoms with Crippen molar-refractivity contribution >= 4 is 56.4 Å². The Labute approximate surface area is 398 Å². The number of ether oxygens (including phenoxy) is 1. The summed E-state index contributed by atoms with van der Waals surface area (Å²) in [5.41, 5.74) is 6.56. The van der Waals surface area contributed by atoms with Crippen LogP contribution in [-0.2, 0) is 57.3 Å². The van der Waals surface area contributed by atoms with E-state index in [-0.39, 0.29) is 61.2 Å². The van der Waals surface area contributed by atoms with Gasteiger partial charge in [0.2, 0.25) is 38.6 Å². The molecule has 2 aliphatic heterocycles. The van der Waals surface area contributed by atoms with Crippen LogP contribution >= 0.6 is 0 Å². The molecule has 366 valence electrons. The van der Waals surface area contributed by atoms with Gasteiger partial charge in [0.15, 0.2) is 5.60 Å². The number of pyridine rings is 2. The number of hydrogen-bond donors (Lipinski definition) is 6. The van der Waals surface area contributed by atoms with Gasteiger partial charge in [-0.3, -0.25) is 24.0 Å². The predicted octanol–water partition coefficient (Wildman–Crippen LogP) is 1.94. The minimum atomic E-state index is -3.54. The van der Waals surface area contributed by atoms with Crippen LogP contribution in [-0.4, -0.2) is 101 Å². The highest BCUT2D eigenvalue weighted by Gasteiger charge is 2.45. The van der Waals surface area contributed by atoms with Gasteiger partial charge in [0.05, 0.1) is 41.1 Å². The predicted molar refractivity (Wildman–Crippen MR) is 252 cm³/mol. The molecule has 2 aliphatic rings. The maximum absolute atomic E-state index is 14.9. The second-order valence-corrected chi connectivity index (χ2v) is 19.2. The third kappa shape index (κ3) is 11.9. The van der Waals surface area contributed by atoms with Gasteiger partial charge >= 0.3 is 5.97 Å². The van der Waals surface area contributed by atoms with Gasteiger partial charge in [-0.05, 0) is 74.8 Å². The van der Waals surface area contributed by atoms with Gasteiger partial charge in [-0.1, -0.05) is 44.8 Å². The van der Waals surface area contributed by atoms with Crippen LogP contribution in [0.3, 0.4) is 0 Å². The number of carbonyl (C=O) groups excluding carboxylic acids is 5. The van der Waals surface area contributed by atoms with Gasteiger partial charge < -0.3 is 41.4 Å². The Bertz CT molecular complexity index is 2950. The lowest BCUT2D eigenvalue weighted by atomic mass is 9.86. The molecule has 4 aromatic rings. The lowest BCUT2D eigenvalue weighted by molar-refractivity contribution is -0.172. The first-order valence-corrected chi connectivity index (χ1v) is 24.5. The number of halogens is 1. The summed E-state index contributed by atoms with van der Waals surface area (Å²) < 4.78 is 44.7. The quantitative estimate of drug-likeness (QED) is 0.0299. The van der Waals surface area contributed by atoms with E-state index in [1.54, 1.807) is 52.0 Å². The van der Waals surface area contributed by atoms with Crippen molar-refractivity contribution in [3.05, 3.63) is 86.2 Å². The summed E-state index contributed by atoms with van der Waals surface area (Å²) in [5.74, 6) is 1.89. The molecule has 0 saturated heterocycles. The summed E-state index contributed by atoms with van der Waals surface area (Å²) in [7, 11) is -3.54. The van der Waals surface area contributed by atoms with E-state index in [2.05, 4.69) is 43.1 Å². The van der Waals surface area contributed by atoms with Crippen LogP contribution < -0.4 is 32.6 Å². The molecule has 0 radical (unpaired) electrons. The number of aromatic nitrogens is 4. The third-order valence-electron chi connectivity index (χ3n) is 11.9. The van der Waals surface area contributed by atoms with E-state index in [9.17, 15) is 46.7 Å². The molecule has 0 unspecified atom stereocenters. The molecule has 21 heteroatoms. The number of aliphatic hydroxyl groups is 1. The SMILES string of the molecule is CC[C@@]1(O)C(=O)OCc2c1cc1n(c2=O)Cc2c-1nc1cc(F)c(C)cc1c2/C=C/CNC(=O)CNC(=O)[C@H](CCCCN)NC(=O)[C@@H](NC(=O)CCCC#Cc1cnc(S(C)(=O)=O)nc1)C(C)C. The zero-order valence-electron chi connectivity index (χ0n) is 39.0. The molecule has 0 saturated carbocycles. The molecule has 1 aromatic carbocycles. The Morgan fingerprint density at radius 2 is 1.77 bits per heavy atom. The van der Waals surface area contributed by atoms with E-state index in [0.29, 0.717) is 76.8 Å². The molecule has 7 N–H and O–H groups in total. The van der Waals surface area contributed by atoms with Crippen LogP contribution in [0.15, 0.2) is 46.6 Å². The number of esters is 1. The van der Waals surface area contributed by atoms with Gasteiger partial charge in [0.25, 0.3) is 5.56 Å². The summed E-state index contributed by atoms with van der Waals surface area (Å²) in [6.45, 7) is 6.45. The van der Waals surface area contributed by atoms with Crippen LogP contribution in [0, 0.1) is 30.5 Å². The van der Waals surface area contributed by atoms with Gasteiger partial charge in [-0.15, -0.1) is 0 Å². The summed E-state index contributed by atoms with van der Waals surface area (Å²) in [5, 5.41) is 22.4. The molecule has 19 nitrogen and oxygen atoms in total. The minimum absolute atomic E-state index is 0.00665. The van der Waals surface area contributed by atoms with Crippen LogP contribution in [0.5, 0.6) is 0 Å². The average Bonchev–Trinajstić information content (AvgIpc) is 3.68. The van der Waals surface area contributed by atoms with Gasteiger partial charge in [0, 0.05) is 60.6 Å². The number of nitrogens with one attached hydrogen (secondary N) is 4. The van der Waals surface area contributed by atoms with Crippen molar-refractivity contribution in [3.8, 4) is 23.2 Å². The first-order valence-electron chi connectivity index (χ1n) is 22.6. The summed E-state index contributed by atoms with van der Waals surface area (Å²) in [6.07, 6.45) is 9.00. The summed E-state index contributed by atoms with van der Waals surface area (Å²) in [4.78, 5) is 91.7. The number of nitrogens with zero attached hydrogens (tertiary/aromatic N) is 4. The maximum atomic E-state index is 14.9. The largest absolute Gasteiger partial charge is 0.458 e. The third-order valence-corrected chi connectivity index (χ3v) is 12.8. The van der Waals surface area contributed by atoms with E-state index in [1.165, 1.54) is 23.0 Å². The molecule has 5 heterocycles. The van der Waals surface area contributed by atoms with Crippen LogP contribution in [0.2, 0.25) is 0 Å². The second-order valence-electron chi connectivity index (χ2n) is 17.3. The maximum Gasteiger partial charge on any atom is 0.343 e. The number of rotatable bonds is 19. The zero-order valence-corrected chi connectivity index (χ0v) is 39.8. The molecule has 0 spiro atoms. The van der Waals surface area contributed by atoms with Gasteiger partial charge in [-0.2, -0.15) is 0 Å². The van der Waals surface area contributed by atoms with Crippen molar-refractivity contribution in [2.45, 2.75) is 109 Å². The van der Waals surface area contributed by atoms with E-state index in [0.717, 1.165) is 6.26 Å². The number of cyclic esters (lactones) is 1. The number of benzene rings is 1. The standard InChI is InChI=1S/C48H56FN9O10S/c1-6-48(65)34-20-38-42-32(25-58(38)45(63)33(34)26-68-46(48)64)30(31-19-28(4)35(49)21-37(31)55-42)14-12-18-51-40(60)24-52-43(61)36(15-10-11-17-50)56-44(62)41(27(2)3)57-39(59)16-9-7-8-13-29-22-53-47(54-23-29)69(5,66)67/h12,14,19-23,27,36,41,65H,6-7,9-11,15-18,24-26,50H2,1-5H3,(H,51,60)(H,52,61)(H,56,62)(H,57,59)/b14-12+/t36-,41-,48-/m0/s1. The molecule has 0 bridgehead atoms. The van der Waals surface area contributed by atoms with Crippen molar-refractivity contribution in [1.82, 2.24) is 40.8 Å². The number of sulfone groups is 1. The minimum Gasteiger partial charge on any atom is -0.458 e. The number of hydrogen-bond acceptors (Lipinski definition) is 14. The topological polar surface area (TPSA) is 284 Å². The number of amides is 4. The molecule has 0 aliphatic carbocycles. The molecule has 6 rings (SSSR count). The number of nitrogens with two attached hydrogens (primary N) is 1. The first-order chi connectivity index (χ1) is 32.8. The highest BCUT2D eigenvalue weighted by molar-refractivity contribution is 7.90. The fourth-order valence-corrected chi connectivity index (χ4v) is 8.50. The number of carbonyl (C=O) groups is 5. The Hall–Kier alpha value is -6.89. The Kier molecular flexibility index (Phi) is 16.4.